The largest absolute Gasteiger partial charge is 0.385 e. The number of carbonyl (C=O) groups is 2. The summed E-state index contributed by atoms with van der Waals surface area (Å²) in [6, 6.07) is 5.83. The van der Waals surface area contributed by atoms with Gasteiger partial charge < -0.3 is 16.0 Å². The normalized spacial score (nSPS) is 21.3. The Morgan fingerprint density at radius 2 is 2.14 bits per heavy atom. The number of likely N-dealkylation sites (tertiary alicyclic amines) is 1. The lowest BCUT2D eigenvalue weighted by Crippen LogP contribution is -2.44. The van der Waals surface area contributed by atoms with Crippen LogP contribution in [0.2, 0.25) is 0 Å². The molecule has 0 aliphatic carbocycles. The molecule has 2 heterocycles. The van der Waals surface area contributed by atoms with Gasteiger partial charge in [-0.15, -0.1) is 0 Å². The van der Waals surface area contributed by atoms with E-state index in [0.29, 0.717) is 13.1 Å². The molecule has 112 valence electrons. The van der Waals surface area contributed by atoms with Crippen LogP contribution < -0.4 is 11.1 Å². The Balaban J connectivity index is 1.83. The van der Waals surface area contributed by atoms with Crippen LogP contribution >= 0.6 is 0 Å². The van der Waals surface area contributed by atoms with Crippen molar-refractivity contribution < 1.29 is 9.59 Å². The van der Waals surface area contributed by atoms with Crippen LogP contribution in [0.5, 0.6) is 0 Å². The molecule has 5 nitrogen and oxygen atoms in total. The van der Waals surface area contributed by atoms with E-state index in [2.05, 4.69) is 5.32 Å². The first-order valence-electron chi connectivity index (χ1n) is 7.61. The molecule has 2 aliphatic heterocycles. The number of fused-ring (bicyclic) bond motifs is 1. The molecule has 0 bridgehead atoms. The Labute approximate surface area is 124 Å². The molecule has 1 atom stereocenters. The van der Waals surface area contributed by atoms with Crippen molar-refractivity contribution in [2.75, 3.05) is 25.0 Å². The van der Waals surface area contributed by atoms with Crippen molar-refractivity contribution in [3.63, 3.8) is 0 Å². The van der Waals surface area contributed by atoms with Crippen molar-refractivity contribution >= 4 is 17.5 Å². The smallest absolute Gasteiger partial charge is 0.254 e. The highest BCUT2D eigenvalue weighted by Crippen LogP contribution is 2.27. The molecule has 5 heteroatoms. The van der Waals surface area contributed by atoms with Crippen molar-refractivity contribution in [3.8, 4) is 0 Å². The van der Waals surface area contributed by atoms with E-state index in [-0.39, 0.29) is 17.7 Å². The van der Waals surface area contributed by atoms with Gasteiger partial charge in [0, 0.05) is 30.9 Å². The van der Waals surface area contributed by atoms with Gasteiger partial charge in [0.15, 0.2) is 0 Å². The zero-order valence-corrected chi connectivity index (χ0v) is 12.1. The quantitative estimate of drug-likeness (QED) is 0.863. The zero-order valence-electron chi connectivity index (χ0n) is 12.1. The first kappa shape index (κ1) is 13.9. The van der Waals surface area contributed by atoms with E-state index in [4.69, 9.17) is 5.73 Å². The van der Waals surface area contributed by atoms with E-state index >= 15 is 0 Å². The molecule has 1 saturated heterocycles. The highest BCUT2D eigenvalue weighted by molar-refractivity contribution is 5.97. The summed E-state index contributed by atoms with van der Waals surface area (Å²) in [6.07, 6.45) is 3.60. The van der Waals surface area contributed by atoms with E-state index in [1.807, 2.05) is 18.2 Å². The number of nitrogens with zero attached hydrogens (tertiary/aromatic N) is 1. The molecular weight excluding hydrogens is 266 g/mol. The van der Waals surface area contributed by atoms with Gasteiger partial charge in [0.05, 0.1) is 5.92 Å². The fourth-order valence-corrected chi connectivity index (χ4v) is 3.27. The molecule has 0 saturated carbocycles. The van der Waals surface area contributed by atoms with E-state index in [1.54, 1.807) is 4.90 Å². The zero-order chi connectivity index (χ0) is 14.8. The Morgan fingerprint density at radius 3 is 2.95 bits per heavy atom. The number of benzene rings is 1. The molecule has 3 rings (SSSR count). The summed E-state index contributed by atoms with van der Waals surface area (Å²) in [5.74, 6) is -0.480. The van der Waals surface area contributed by atoms with Crippen LogP contribution in [0.1, 0.15) is 35.2 Å². The van der Waals surface area contributed by atoms with Crippen LogP contribution in [0.25, 0.3) is 0 Å². The van der Waals surface area contributed by atoms with Crippen LogP contribution in [-0.2, 0) is 11.2 Å². The Bertz CT molecular complexity index is 571. The fourth-order valence-electron chi connectivity index (χ4n) is 3.27. The molecule has 0 aromatic heterocycles. The number of carbonyl (C=O) groups excluding carboxylic acids is 2. The Kier molecular flexibility index (Phi) is 3.82. The van der Waals surface area contributed by atoms with E-state index < -0.39 is 0 Å². The predicted molar refractivity (Wildman–Crippen MR) is 81.1 cm³/mol. The number of piperidine rings is 1. The van der Waals surface area contributed by atoms with E-state index in [1.165, 1.54) is 0 Å². The first-order chi connectivity index (χ1) is 10.2. The molecule has 0 radical (unpaired) electrons. The summed E-state index contributed by atoms with van der Waals surface area (Å²) < 4.78 is 0. The van der Waals surface area contributed by atoms with Gasteiger partial charge in [-0.1, -0.05) is 6.07 Å². The number of primary amides is 1. The van der Waals surface area contributed by atoms with E-state index in [9.17, 15) is 9.59 Å². The molecule has 2 aliphatic rings. The standard InChI is InChI=1S/C16H21N3O2/c17-15(20)11-4-3-9-19(10-11)16(21)13-5-1-7-14-12(13)6-2-8-18-14/h1,5,7,11,18H,2-4,6,8-10H2,(H2,17,20). The van der Waals surface area contributed by atoms with Crippen LogP contribution in [0.4, 0.5) is 5.69 Å². The van der Waals surface area contributed by atoms with Gasteiger partial charge in [-0.05, 0) is 43.4 Å². The number of nitrogens with one attached hydrogen (secondary N) is 1. The summed E-state index contributed by atoms with van der Waals surface area (Å²) >= 11 is 0. The summed E-state index contributed by atoms with van der Waals surface area (Å²) in [5.41, 5.74) is 8.33. The summed E-state index contributed by atoms with van der Waals surface area (Å²) in [4.78, 5) is 25.9. The van der Waals surface area contributed by atoms with Gasteiger partial charge in [0.2, 0.25) is 5.91 Å². The van der Waals surface area contributed by atoms with Crippen LogP contribution in [-0.4, -0.2) is 36.3 Å². The summed E-state index contributed by atoms with van der Waals surface area (Å²) in [7, 11) is 0. The van der Waals surface area contributed by atoms with Crippen LogP contribution in [0.15, 0.2) is 18.2 Å². The maximum atomic E-state index is 12.8. The maximum absolute atomic E-state index is 12.8. The average Bonchev–Trinajstić information content (AvgIpc) is 2.53. The van der Waals surface area contributed by atoms with Gasteiger partial charge in [0.25, 0.3) is 5.91 Å². The minimum Gasteiger partial charge on any atom is -0.385 e. The van der Waals surface area contributed by atoms with Crippen molar-refractivity contribution in [2.45, 2.75) is 25.7 Å². The number of rotatable bonds is 2. The minimum atomic E-state index is -0.302. The number of amides is 2. The third kappa shape index (κ3) is 2.73. The lowest BCUT2D eigenvalue weighted by atomic mass is 9.94. The average molecular weight is 287 g/mol. The van der Waals surface area contributed by atoms with Crippen molar-refractivity contribution in [2.24, 2.45) is 11.7 Å². The molecule has 1 aromatic rings. The molecule has 1 aromatic carbocycles. The maximum Gasteiger partial charge on any atom is 0.254 e. The number of hydrogen-bond donors (Lipinski definition) is 2. The van der Waals surface area contributed by atoms with Crippen molar-refractivity contribution in [1.29, 1.82) is 0 Å². The first-order valence-corrected chi connectivity index (χ1v) is 7.61. The highest BCUT2D eigenvalue weighted by Gasteiger charge is 2.29. The van der Waals surface area contributed by atoms with Crippen LogP contribution in [0.3, 0.4) is 0 Å². The topological polar surface area (TPSA) is 75.4 Å². The molecule has 0 spiro atoms. The molecular formula is C16H21N3O2. The third-order valence-corrected chi connectivity index (χ3v) is 4.44. The summed E-state index contributed by atoms with van der Waals surface area (Å²) in [6.45, 7) is 2.11. The van der Waals surface area contributed by atoms with E-state index in [0.717, 1.165) is 49.0 Å². The minimum absolute atomic E-state index is 0.0292. The monoisotopic (exact) mass is 287 g/mol. The van der Waals surface area contributed by atoms with Gasteiger partial charge in [-0.2, -0.15) is 0 Å². The molecule has 21 heavy (non-hydrogen) atoms. The van der Waals surface area contributed by atoms with Crippen molar-refractivity contribution in [1.82, 2.24) is 4.90 Å². The molecule has 3 N–H and O–H groups in total. The summed E-state index contributed by atoms with van der Waals surface area (Å²) in [5, 5.41) is 3.34. The van der Waals surface area contributed by atoms with Gasteiger partial charge in [0.1, 0.15) is 0 Å². The second-order valence-electron chi connectivity index (χ2n) is 5.85. The molecule has 1 unspecified atom stereocenters. The van der Waals surface area contributed by atoms with Crippen LogP contribution in [0, 0.1) is 5.92 Å². The van der Waals surface area contributed by atoms with Gasteiger partial charge >= 0.3 is 0 Å². The predicted octanol–water partition coefficient (Wildman–Crippen LogP) is 1.38. The highest BCUT2D eigenvalue weighted by atomic mass is 16.2. The lowest BCUT2D eigenvalue weighted by Gasteiger charge is -2.32. The second kappa shape index (κ2) is 5.76. The second-order valence-corrected chi connectivity index (χ2v) is 5.85. The SMILES string of the molecule is NC(=O)C1CCCN(C(=O)c2cccc3c2CCCN3)C1. The molecule has 2 amide bonds. The van der Waals surface area contributed by atoms with Gasteiger partial charge in [-0.3, -0.25) is 9.59 Å². The number of anilines is 1. The van der Waals surface area contributed by atoms with Gasteiger partial charge in [-0.25, -0.2) is 0 Å². The number of nitrogens with two attached hydrogens (primary N) is 1. The molecule has 1 fully saturated rings. The Morgan fingerprint density at radius 1 is 1.29 bits per heavy atom. The number of hydrogen-bond acceptors (Lipinski definition) is 3. The lowest BCUT2D eigenvalue weighted by molar-refractivity contribution is -0.123. The van der Waals surface area contributed by atoms with Crippen molar-refractivity contribution in [3.05, 3.63) is 29.3 Å². The fraction of sp³-hybridized carbons (Fsp3) is 0.500. The Hall–Kier alpha value is -2.04. The third-order valence-electron chi connectivity index (χ3n) is 4.44.